The zero-order chi connectivity index (χ0) is 10.8. The highest BCUT2D eigenvalue weighted by molar-refractivity contribution is 5.54. The number of nitrogens with two attached hydrogens (primary N) is 1. The molecule has 0 unspecified atom stereocenters. The van der Waals surface area contributed by atoms with E-state index in [-0.39, 0.29) is 5.75 Å². The van der Waals surface area contributed by atoms with Crippen LogP contribution in [0, 0.1) is 6.92 Å². The van der Waals surface area contributed by atoms with E-state index in [2.05, 4.69) is 9.88 Å². The van der Waals surface area contributed by atoms with Crippen LogP contribution in [-0.2, 0) is 6.54 Å². The van der Waals surface area contributed by atoms with Crippen LogP contribution in [-0.4, -0.2) is 23.2 Å². The molecule has 1 aliphatic heterocycles. The minimum Gasteiger partial charge on any atom is -0.507 e. The summed E-state index contributed by atoms with van der Waals surface area (Å²) in [6.07, 6.45) is 2.39. The predicted octanol–water partition coefficient (Wildman–Crippen LogP) is 1.15. The quantitative estimate of drug-likeness (QED) is 0.763. The SMILES string of the molecule is Cc1cc(O)c(CN)c(N2CCCC2)n1. The maximum Gasteiger partial charge on any atom is 0.137 e. The van der Waals surface area contributed by atoms with Crippen molar-refractivity contribution in [3.63, 3.8) is 0 Å². The van der Waals surface area contributed by atoms with E-state index >= 15 is 0 Å². The van der Waals surface area contributed by atoms with Gasteiger partial charge in [0.1, 0.15) is 11.6 Å². The Labute approximate surface area is 89.7 Å². The summed E-state index contributed by atoms with van der Waals surface area (Å²) in [5, 5.41) is 9.79. The van der Waals surface area contributed by atoms with Crippen LogP contribution >= 0.6 is 0 Å². The highest BCUT2D eigenvalue weighted by Gasteiger charge is 2.19. The first-order valence-electron chi connectivity index (χ1n) is 5.37. The summed E-state index contributed by atoms with van der Waals surface area (Å²) >= 11 is 0. The molecular formula is C11H17N3O. The van der Waals surface area contributed by atoms with Crippen LogP contribution < -0.4 is 10.6 Å². The monoisotopic (exact) mass is 207 g/mol. The van der Waals surface area contributed by atoms with Crippen molar-refractivity contribution in [3.8, 4) is 5.75 Å². The molecule has 1 aromatic rings. The molecule has 0 saturated carbocycles. The summed E-state index contributed by atoms with van der Waals surface area (Å²) in [7, 11) is 0. The number of aryl methyl sites for hydroxylation is 1. The Balaban J connectivity index is 2.42. The molecule has 0 aromatic carbocycles. The number of pyridine rings is 1. The third-order valence-electron chi connectivity index (χ3n) is 2.82. The van der Waals surface area contributed by atoms with Gasteiger partial charge in [0.2, 0.25) is 0 Å². The van der Waals surface area contributed by atoms with Crippen LogP contribution in [0.2, 0.25) is 0 Å². The van der Waals surface area contributed by atoms with Crippen molar-refractivity contribution in [2.45, 2.75) is 26.3 Å². The molecular weight excluding hydrogens is 190 g/mol. The first-order valence-corrected chi connectivity index (χ1v) is 5.37. The van der Waals surface area contributed by atoms with E-state index in [0.29, 0.717) is 6.54 Å². The molecule has 0 bridgehead atoms. The topological polar surface area (TPSA) is 62.4 Å². The molecule has 0 spiro atoms. The number of aromatic hydroxyl groups is 1. The maximum atomic E-state index is 9.79. The average Bonchev–Trinajstić information content (AvgIpc) is 2.69. The summed E-state index contributed by atoms with van der Waals surface area (Å²) in [4.78, 5) is 6.68. The van der Waals surface area contributed by atoms with Crippen molar-refractivity contribution in [2.24, 2.45) is 5.73 Å². The maximum absolute atomic E-state index is 9.79. The lowest BCUT2D eigenvalue weighted by Crippen LogP contribution is -2.22. The fourth-order valence-corrected chi connectivity index (χ4v) is 2.05. The Bertz CT molecular complexity index is 359. The fourth-order valence-electron chi connectivity index (χ4n) is 2.05. The van der Waals surface area contributed by atoms with E-state index in [4.69, 9.17) is 5.73 Å². The summed E-state index contributed by atoms with van der Waals surface area (Å²) in [5.74, 6) is 1.14. The fraction of sp³-hybridized carbons (Fsp3) is 0.545. The third-order valence-corrected chi connectivity index (χ3v) is 2.82. The molecule has 0 amide bonds. The van der Waals surface area contributed by atoms with E-state index in [0.717, 1.165) is 30.2 Å². The summed E-state index contributed by atoms with van der Waals surface area (Å²) in [6.45, 7) is 4.26. The Morgan fingerprint density at radius 3 is 2.73 bits per heavy atom. The second kappa shape index (κ2) is 4.06. The number of hydrogen-bond acceptors (Lipinski definition) is 4. The van der Waals surface area contributed by atoms with Crippen molar-refractivity contribution in [2.75, 3.05) is 18.0 Å². The molecule has 2 rings (SSSR count). The van der Waals surface area contributed by atoms with Gasteiger partial charge < -0.3 is 15.7 Å². The smallest absolute Gasteiger partial charge is 0.137 e. The zero-order valence-corrected chi connectivity index (χ0v) is 9.03. The van der Waals surface area contributed by atoms with Gasteiger partial charge in [-0.3, -0.25) is 0 Å². The summed E-state index contributed by atoms with van der Waals surface area (Å²) in [5.41, 5.74) is 7.25. The highest BCUT2D eigenvalue weighted by Crippen LogP contribution is 2.29. The van der Waals surface area contributed by atoms with Gasteiger partial charge in [-0.25, -0.2) is 4.98 Å². The van der Waals surface area contributed by atoms with Crippen molar-refractivity contribution < 1.29 is 5.11 Å². The lowest BCUT2D eigenvalue weighted by atomic mass is 10.2. The van der Waals surface area contributed by atoms with Gasteiger partial charge in [0.25, 0.3) is 0 Å². The molecule has 4 nitrogen and oxygen atoms in total. The molecule has 0 radical (unpaired) electrons. The van der Waals surface area contributed by atoms with Gasteiger partial charge in [-0.15, -0.1) is 0 Å². The van der Waals surface area contributed by atoms with Gasteiger partial charge in [0.05, 0.1) is 5.56 Å². The van der Waals surface area contributed by atoms with E-state index in [1.54, 1.807) is 6.07 Å². The average molecular weight is 207 g/mol. The first kappa shape index (κ1) is 10.2. The van der Waals surface area contributed by atoms with Crippen LogP contribution in [0.5, 0.6) is 5.75 Å². The molecule has 82 valence electrons. The predicted molar refractivity (Wildman–Crippen MR) is 60.0 cm³/mol. The van der Waals surface area contributed by atoms with Gasteiger partial charge in [0.15, 0.2) is 0 Å². The van der Waals surface area contributed by atoms with E-state index < -0.39 is 0 Å². The molecule has 1 saturated heterocycles. The molecule has 0 atom stereocenters. The number of hydrogen-bond donors (Lipinski definition) is 2. The van der Waals surface area contributed by atoms with Crippen LogP contribution in [0.25, 0.3) is 0 Å². The number of aromatic nitrogens is 1. The molecule has 2 heterocycles. The zero-order valence-electron chi connectivity index (χ0n) is 9.03. The van der Waals surface area contributed by atoms with Gasteiger partial charge >= 0.3 is 0 Å². The number of anilines is 1. The lowest BCUT2D eigenvalue weighted by molar-refractivity contribution is 0.466. The van der Waals surface area contributed by atoms with Gasteiger partial charge in [0, 0.05) is 31.4 Å². The van der Waals surface area contributed by atoms with Gasteiger partial charge in [-0.1, -0.05) is 0 Å². The second-order valence-corrected chi connectivity index (χ2v) is 3.98. The van der Waals surface area contributed by atoms with Gasteiger partial charge in [-0.2, -0.15) is 0 Å². The molecule has 15 heavy (non-hydrogen) atoms. The molecule has 1 aliphatic rings. The van der Waals surface area contributed by atoms with Crippen molar-refractivity contribution in [1.82, 2.24) is 4.98 Å². The second-order valence-electron chi connectivity index (χ2n) is 3.98. The summed E-state index contributed by atoms with van der Waals surface area (Å²) in [6, 6.07) is 1.67. The Morgan fingerprint density at radius 1 is 1.47 bits per heavy atom. The van der Waals surface area contributed by atoms with Gasteiger partial charge in [-0.05, 0) is 19.8 Å². The van der Waals surface area contributed by atoms with E-state index in [1.807, 2.05) is 6.92 Å². The third kappa shape index (κ3) is 1.90. The normalized spacial score (nSPS) is 16.0. The molecule has 1 aromatic heterocycles. The lowest BCUT2D eigenvalue weighted by Gasteiger charge is -2.20. The Morgan fingerprint density at radius 2 is 2.13 bits per heavy atom. The Kier molecular flexibility index (Phi) is 2.77. The van der Waals surface area contributed by atoms with E-state index in [9.17, 15) is 5.11 Å². The van der Waals surface area contributed by atoms with Crippen molar-refractivity contribution in [3.05, 3.63) is 17.3 Å². The molecule has 1 fully saturated rings. The first-order chi connectivity index (χ1) is 7.22. The molecule has 4 heteroatoms. The van der Waals surface area contributed by atoms with E-state index in [1.165, 1.54) is 12.8 Å². The van der Waals surface area contributed by atoms with Crippen LogP contribution in [0.3, 0.4) is 0 Å². The molecule has 0 aliphatic carbocycles. The highest BCUT2D eigenvalue weighted by atomic mass is 16.3. The van der Waals surface area contributed by atoms with Crippen LogP contribution in [0.15, 0.2) is 6.07 Å². The minimum absolute atomic E-state index is 0.270. The Hall–Kier alpha value is -1.29. The van der Waals surface area contributed by atoms with Crippen LogP contribution in [0.4, 0.5) is 5.82 Å². The molecule has 3 N–H and O–H groups in total. The largest absolute Gasteiger partial charge is 0.507 e. The minimum atomic E-state index is 0.270. The summed E-state index contributed by atoms with van der Waals surface area (Å²) < 4.78 is 0. The van der Waals surface area contributed by atoms with Crippen molar-refractivity contribution in [1.29, 1.82) is 0 Å². The number of rotatable bonds is 2. The van der Waals surface area contributed by atoms with Crippen molar-refractivity contribution >= 4 is 5.82 Å². The standard InChI is InChI=1S/C11H17N3O/c1-8-6-10(15)9(7-12)11(13-8)14-4-2-3-5-14/h6H,2-5,7,12H2,1H3,(H,13,15). The van der Waals surface area contributed by atoms with Crippen LogP contribution in [0.1, 0.15) is 24.1 Å². The number of nitrogens with zero attached hydrogens (tertiary/aromatic N) is 2.